The second-order valence-electron chi connectivity index (χ2n) is 6.18. The van der Waals surface area contributed by atoms with E-state index in [4.69, 9.17) is 0 Å². The van der Waals surface area contributed by atoms with Gasteiger partial charge in [0.2, 0.25) is 5.91 Å². The maximum Gasteiger partial charge on any atom is 0.227 e. The molecule has 5 nitrogen and oxygen atoms in total. The summed E-state index contributed by atoms with van der Waals surface area (Å²) in [6, 6.07) is 0. The van der Waals surface area contributed by atoms with E-state index in [2.05, 4.69) is 18.9 Å². The number of amides is 1. The van der Waals surface area contributed by atoms with Gasteiger partial charge in [-0.1, -0.05) is 13.8 Å². The van der Waals surface area contributed by atoms with Crippen molar-refractivity contribution in [1.29, 1.82) is 0 Å². The zero-order valence-electron chi connectivity index (χ0n) is 12.9. The molecule has 1 aliphatic rings. The molecule has 20 heavy (non-hydrogen) atoms. The lowest BCUT2D eigenvalue weighted by atomic mass is 10.1. The van der Waals surface area contributed by atoms with E-state index in [1.165, 1.54) is 0 Å². The van der Waals surface area contributed by atoms with Gasteiger partial charge in [0.15, 0.2) is 0 Å². The average Bonchev–Trinajstić information content (AvgIpc) is 2.88. The van der Waals surface area contributed by atoms with Gasteiger partial charge >= 0.3 is 0 Å². The van der Waals surface area contributed by atoms with Crippen molar-refractivity contribution >= 4 is 5.91 Å². The average molecular weight is 279 g/mol. The number of hydrogen-bond acceptors (Lipinski definition) is 3. The molecule has 0 unspecified atom stereocenters. The Morgan fingerprint density at radius 2 is 2.15 bits per heavy atom. The molecular formula is C15H25N3O2. The summed E-state index contributed by atoms with van der Waals surface area (Å²) in [4.78, 5) is 14.0. The molecule has 0 bridgehead atoms. The smallest absolute Gasteiger partial charge is 0.227 e. The van der Waals surface area contributed by atoms with Crippen molar-refractivity contribution in [3.05, 3.63) is 17.0 Å². The highest BCUT2D eigenvalue weighted by atomic mass is 16.3. The fourth-order valence-corrected chi connectivity index (χ4v) is 2.74. The molecule has 2 heterocycles. The van der Waals surface area contributed by atoms with Gasteiger partial charge in [-0.05, 0) is 26.2 Å². The largest absolute Gasteiger partial charge is 0.391 e. The van der Waals surface area contributed by atoms with Crippen LogP contribution in [0.15, 0.2) is 0 Å². The Morgan fingerprint density at radius 3 is 2.70 bits per heavy atom. The molecule has 1 aromatic heterocycles. The Balaban J connectivity index is 2.09. The molecule has 1 aromatic rings. The van der Waals surface area contributed by atoms with Crippen LogP contribution < -0.4 is 0 Å². The zero-order valence-corrected chi connectivity index (χ0v) is 12.9. The number of carbonyl (C=O) groups excluding carboxylic acids is 1. The number of β-amino-alcohol motifs (C(OH)–C–C–N with tert-alkyl or cyclic N) is 1. The third kappa shape index (κ3) is 3.20. The molecule has 1 N–H and O–H groups in total. The van der Waals surface area contributed by atoms with Crippen LogP contribution >= 0.6 is 0 Å². The second-order valence-corrected chi connectivity index (χ2v) is 6.18. The quantitative estimate of drug-likeness (QED) is 0.903. The number of nitrogens with zero attached hydrogens (tertiary/aromatic N) is 3. The molecule has 0 aliphatic carbocycles. The summed E-state index contributed by atoms with van der Waals surface area (Å²) in [5.41, 5.74) is 3.07. The van der Waals surface area contributed by atoms with E-state index in [1.807, 2.05) is 18.5 Å². The van der Waals surface area contributed by atoms with Gasteiger partial charge in [-0.2, -0.15) is 5.10 Å². The van der Waals surface area contributed by atoms with Crippen molar-refractivity contribution in [2.45, 2.75) is 53.2 Å². The summed E-state index contributed by atoms with van der Waals surface area (Å²) in [5, 5.41) is 14.1. The van der Waals surface area contributed by atoms with E-state index in [-0.39, 0.29) is 12.0 Å². The number of rotatable bonds is 4. The van der Waals surface area contributed by atoms with Gasteiger partial charge in [-0.3, -0.25) is 9.48 Å². The number of aromatic nitrogens is 2. The van der Waals surface area contributed by atoms with Gasteiger partial charge < -0.3 is 10.0 Å². The van der Waals surface area contributed by atoms with Crippen molar-refractivity contribution in [1.82, 2.24) is 14.7 Å². The van der Waals surface area contributed by atoms with Crippen LogP contribution in [0.1, 0.15) is 37.2 Å². The standard InChI is InChI=1S/C15H25N3O2/c1-10(2)8-18-12(4)14(11(3)16-18)7-15(20)17-6-5-13(19)9-17/h10,13,19H,5-9H2,1-4H3/t13-/m1/s1. The fourth-order valence-electron chi connectivity index (χ4n) is 2.74. The van der Waals surface area contributed by atoms with Gasteiger partial charge in [-0.25, -0.2) is 0 Å². The van der Waals surface area contributed by atoms with Gasteiger partial charge in [-0.15, -0.1) is 0 Å². The Labute approximate surface area is 120 Å². The van der Waals surface area contributed by atoms with Crippen molar-refractivity contribution < 1.29 is 9.90 Å². The van der Waals surface area contributed by atoms with Crippen molar-refractivity contribution in [3.63, 3.8) is 0 Å². The second kappa shape index (κ2) is 5.95. The van der Waals surface area contributed by atoms with Crippen LogP contribution in [0.2, 0.25) is 0 Å². The minimum absolute atomic E-state index is 0.0943. The Hall–Kier alpha value is -1.36. The Morgan fingerprint density at radius 1 is 1.45 bits per heavy atom. The third-order valence-corrected chi connectivity index (χ3v) is 3.91. The van der Waals surface area contributed by atoms with E-state index < -0.39 is 0 Å². The van der Waals surface area contributed by atoms with E-state index >= 15 is 0 Å². The lowest BCUT2D eigenvalue weighted by molar-refractivity contribution is -0.129. The molecule has 0 spiro atoms. The predicted octanol–water partition coefficient (Wildman–Crippen LogP) is 1.29. The van der Waals surface area contributed by atoms with Gasteiger partial charge in [0.05, 0.1) is 18.2 Å². The first-order valence-electron chi connectivity index (χ1n) is 7.37. The first kappa shape index (κ1) is 15.0. The highest BCUT2D eigenvalue weighted by Crippen LogP contribution is 2.18. The number of hydrogen-bond donors (Lipinski definition) is 1. The highest BCUT2D eigenvalue weighted by molar-refractivity contribution is 5.79. The first-order chi connectivity index (χ1) is 9.38. The van der Waals surface area contributed by atoms with Crippen molar-refractivity contribution in [2.24, 2.45) is 5.92 Å². The molecule has 1 amide bonds. The van der Waals surface area contributed by atoms with Crippen LogP contribution in [0.4, 0.5) is 0 Å². The van der Waals surface area contributed by atoms with Crippen LogP contribution in [0.5, 0.6) is 0 Å². The van der Waals surface area contributed by atoms with Crippen molar-refractivity contribution in [3.8, 4) is 0 Å². The van der Waals surface area contributed by atoms with Gasteiger partial charge in [0.1, 0.15) is 0 Å². The minimum atomic E-state index is -0.357. The molecule has 5 heteroatoms. The summed E-state index contributed by atoms with van der Waals surface area (Å²) in [6.45, 7) is 10.3. The van der Waals surface area contributed by atoms with E-state index in [0.29, 0.717) is 31.8 Å². The Bertz CT molecular complexity index is 494. The van der Waals surface area contributed by atoms with Crippen LogP contribution in [0, 0.1) is 19.8 Å². The minimum Gasteiger partial charge on any atom is -0.391 e. The molecule has 0 saturated carbocycles. The molecule has 1 saturated heterocycles. The molecule has 1 atom stereocenters. The fraction of sp³-hybridized carbons (Fsp3) is 0.733. The predicted molar refractivity (Wildman–Crippen MR) is 77.4 cm³/mol. The Kier molecular flexibility index (Phi) is 4.48. The molecule has 1 fully saturated rings. The molecule has 112 valence electrons. The molecule has 0 aromatic carbocycles. The molecular weight excluding hydrogens is 254 g/mol. The number of likely N-dealkylation sites (tertiary alicyclic amines) is 1. The van der Waals surface area contributed by atoms with E-state index in [9.17, 15) is 9.90 Å². The molecule has 2 rings (SSSR count). The highest BCUT2D eigenvalue weighted by Gasteiger charge is 2.26. The van der Waals surface area contributed by atoms with E-state index in [1.54, 1.807) is 4.90 Å². The number of carbonyl (C=O) groups is 1. The normalized spacial score (nSPS) is 19.1. The van der Waals surface area contributed by atoms with Crippen LogP contribution in [-0.2, 0) is 17.8 Å². The topological polar surface area (TPSA) is 58.4 Å². The van der Waals surface area contributed by atoms with E-state index in [0.717, 1.165) is 23.5 Å². The summed E-state index contributed by atoms with van der Waals surface area (Å²) in [5.74, 6) is 0.627. The maximum absolute atomic E-state index is 12.3. The number of aliphatic hydroxyl groups is 1. The number of aliphatic hydroxyl groups excluding tert-OH is 1. The first-order valence-corrected chi connectivity index (χ1v) is 7.37. The monoisotopic (exact) mass is 279 g/mol. The van der Waals surface area contributed by atoms with Gasteiger partial charge in [0, 0.05) is 30.9 Å². The maximum atomic E-state index is 12.3. The summed E-state index contributed by atoms with van der Waals surface area (Å²) in [6.07, 6.45) is 0.725. The lowest BCUT2D eigenvalue weighted by Gasteiger charge is -2.15. The van der Waals surface area contributed by atoms with Crippen molar-refractivity contribution in [2.75, 3.05) is 13.1 Å². The third-order valence-electron chi connectivity index (χ3n) is 3.91. The molecule has 0 radical (unpaired) electrons. The van der Waals surface area contributed by atoms with Crippen LogP contribution in [0.25, 0.3) is 0 Å². The summed E-state index contributed by atoms with van der Waals surface area (Å²) in [7, 11) is 0. The molecule has 1 aliphatic heterocycles. The van der Waals surface area contributed by atoms with Gasteiger partial charge in [0.25, 0.3) is 0 Å². The summed E-state index contributed by atoms with van der Waals surface area (Å²) < 4.78 is 2.00. The SMILES string of the molecule is Cc1nn(CC(C)C)c(C)c1CC(=O)N1CC[C@@H](O)C1. The zero-order chi connectivity index (χ0) is 14.9. The van der Waals surface area contributed by atoms with Crippen LogP contribution in [-0.4, -0.2) is 44.9 Å². The van der Waals surface area contributed by atoms with Crippen LogP contribution in [0.3, 0.4) is 0 Å². The summed E-state index contributed by atoms with van der Waals surface area (Å²) >= 11 is 0. The lowest BCUT2D eigenvalue weighted by Crippen LogP contribution is -2.31. The number of aryl methyl sites for hydroxylation is 1.